The van der Waals surface area contributed by atoms with Crippen molar-refractivity contribution in [3.05, 3.63) is 11.9 Å². The summed E-state index contributed by atoms with van der Waals surface area (Å²) >= 11 is 0. The van der Waals surface area contributed by atoms with Crippen molar-refractivity contribution < 1.29 is 4.74 Å². The molecular formula is C14H24N4O. The van der Waals surface area contributed by atoms with Crippen molar-refractivity contribution in [1.82, 2.24) is 9.97 Å². The molecular weight excluding hydrogens is 240 g/mol. The third kappa shape index (κ3) is 3.15. The van der Waals surface area contributed by atoms with Crippen LogP contribution in [0.5, 0.6) is 0 Å². The molecule has 1 aromatic rings. The molecule has 2 N–H and O–H groups in total. The Morgan fingerprint density at radius 3 is 2.84 bits per heavy atom. The first-order chi connectivity index (χ1) is 9.13. The lowest BCUT2D eigenvalue weighted by Gasteiger charge is -2.28. The minimum Gasteiger partial charge on any atom is -0.383 e. The van der Waals surface area contributed by atoms with Crippen molar-refractivity contribution in [3.63, 3.8) is 0 Å². The highest BCUT2D eigenvalue weighted by molar-refractivity contribution is 5.58. The summed E-state index contributed by atoms with van der Waals surface area (Å²) in [5.74, 6) is 1.86. The minimum atomic E-state index is 0.315. The van der Waals surface area contributed by atoms with E-state index < -0.39 is 0 Å². The van der Waals surface area contributed by atoms with Crippen LogP contribution in [-0.2, 0) is 4.74 Å². The molecule has 0 amide bonds. The summed E-state index contributed by atoms with van der Waals surface area (Å²) < 4.78 is 5.72. The summed E-state index contributed by atoms with van der Waals surface area (Å²) in [6.07, 6.45) is 4.16. The Hall–Kier alpha value is -1.36. The number of likely N-dealkylation sites (N-methyl/N-ethyl adjacent to an activating group) is 1. The van der Waals surface area contributed by atoms with Gasteiger partial charge in [-0.05, 0) is 25.7 Å². The molecule has 5 heteroatoms. The van der Waals surface area contributed by atoms with Crippen molar-refractivity contribution in [3.8, 4) is 0 Å². The van der Waals surface area contributed by atoms with E-state index in [0.29, 0.717) is 17.8 Å². The van der Waals surface area contributed by atoms with Gasteiger partial charge in [-0.25, -0.2) is 9.97 Å². The first-order valence-corrected chi connectivity index (χ1v) is 7.10. The zero-order chi connectivity index (χ0) is 13.8. The summed E-state index contributed by atoms with van der Waals surface area (Å²) in [5, 5.41) is 0. The molecule has 1 fully saturated rings. The van der Waals surface area contributed by atoms with Gasteiger partial charge in [-0.1, -0.05) is 13.8 Å². The molecule has 1 aromatic heterocycles. The van der Waals surface area contributed by atoms with E-state index in [4.69, 9.17) is 10.5 Å². The molecule has 0 spiro atoms. The molecule has 0 aromatic carbocycles. The number of hydrogen-bond acceptors (Lipinski definition) is 5. The Morgan fingerprint density at radius 1 is 1.47 bits per heavy atom. The molecule has 1 atom stereocenters. The maximum Gasteiger partial charge on any atom is 0.137 e. The molecule has 0 saturated carbocycles. The number of nitrogens with two attached hydrogens (primary N) is 1. The second-order valence-corrected chi connectivity index (χ2v) is 5.32. The topological polar surface area (TPSA) is 64.3 Å². The number of hydrogen-bond donors (Lipinski definition) is 1. The van der Waals surface area contributed by atoms with E-state index in [-0.39, 0.29) is 0 Å². The molecule has 1 aliphatic rings. The van der Waals surface area contributed by atoms with Crippen LogP contribution in [0.4, 0.5) is 11.6 Å². The van der Waals surface area contributed by atoms with Gasteiger partial charge in [-0.15, -0.1) is 0 Å². The average molecular weight is 264 g/mol. The van der Waals surface area contributed by atoms with Crippen LogP contribution in [0.1, 0.15) is 45.1 Å². The van der Waals surface area contributed by atoms with Crippen LogP contribution in [0.2, 0.25) is 0 Å². The normalized spacial score (nSPS) is 19.1. The van der Waals surface area contributed by atoms with E-state index in [1.165, 1.54) is 0 Å². The molecule has 0 radical (unpaired) electrons. The van der Waals surface area contributed by atoms with Crippen LogP contribution in [-0.4, -0.2) is 35.8 Å². The lowest BCUT2D eigenvalue weighted by molar-refractivity contribution is 0.115. The highest BCUT2D eigenvalue weighted by Crippen LogP contribution is 2.29. The third-order valence-corrected chi connectivity index (χ3v) is 3.60. The summed E-state index contributed by atoms with van der Waals surface area (Å²) in [6.45, 7) is 9.04. The van der Waals surface area contributed by atoms with E-state index in [0.717, 1.165) is 43.9 Å². The van der Waals surface area contributed by atoms with Crippen LogP contribution in [0, 0.1) is 0 Å². The van der Waals surface area contributed by atoms with Gasteiger partial charge in [0.15, 0.2) is 0 Å². The number of anilines is 2. The fraction of sp³-hybridized carbons (Fsp3) is 0.714. The molecule has 5 nitrogen and oxygen atoms in total. The predicted molar refractivity (Wildman–Crippen MR) is 77.4 cm³/mol. The molecule has 19 heavy (non-hydrogen) atoms. The SMILES string of the molecule is CCN(CC1CCCO1)c1ncnc(N)c1C(C)C. The fourth-order valence-electron chi connectivity index (χ4n) is 2.60. The number of nitrogen functional groups attached to an aromatic ring is 1. The Balaban J connectivity index is 2.24. The van der Waals surface area contributed by atoms with Crippen LogP contribution in [0.3, 0.4) is 0 Å². The Labute approximate surface area is 115 Å². The number of aromatic nitrogens is 2. The molecule has 106 valence electrons. The highest BCUT2D eigenvalue weighted by atomic mass is 16.5. The Morgan fingerprint density at radius 2 is 2.26 bits per heavy atom. The van der Waals surface area contributed by atoms with Crippen LogP contribution in [0.15, 0.2) is 6.33 Å². The van der Waals surface area contributed by atoms with Crippen molar-refractivity contribution in [1.29, 1.82) is 0 Å². The first kappa shape index (κ1) is 14.1. The molecule has 2 rings (SSSR count). The maximum absolute atomic E-state index is 6.01. The Kier molecular flexibility index (Phi) is 4.58. The summed E-state index contributed by atoms with van der Waals surface area (Å²) in [6, 6.07) is 0. The minimum absolute atomic E-state index is 0.315. The largest absolute Gasteiger partial charge is 0.383 e. The lowest BCUT2D eigenvalue weighted by atomic mass is 10.0. The van der Waals surface area contributed by atoms with Crippen LogP contribution in [0.25, 0.3) is 0 Å². The maximum atomic E-state index is 6.01. The Bertz CT molecular complexity index is 416. The molecule has 1 aliphatic heterocycles. The zero-order valence-corrected chi connectivity index (χ0v) is 12.1. The van der Waals surface area contributed by atoms with E-state index in [2.05, 4.69) is 35.6 Å². The number of rotatable bonds is 5. The summed E-state index contributed by atoms with van der Waals surface area (Å²) in [7, 11) is 0. The van der Waals surface area contributed by atoms with Crippen molar-refractivity contribution >= 4 is 11.6 Å². The molecule has 0 bridgehead atoms. The standard InChI is InChI=1S/C14H24N4O/c1-4-18(8-11-6-5-7-19-11)14-12(10(2)3)13(15)16-9-17-14/h9-11H,4-8H2,1-3H3,(H2,15,16,17). The van der Waals surface area contributed by atoms with Gasteiger partial charge in [0.1, 0.15) is 18.0 Å². The summed E-state index contributed by atoms with van der Waals surface area (Å²) in [4.78, 5) is 10.8. The average Bonchev–Trinajstić information content (AvgIpc) is 2.88. The van der Waals surface area contributed by atoms with Gasteiger partial charge in [0, 0.05) is 25.3 Å². The van der Waals surface area contributed by atoms with Crippen molar-refractivity contribution in [2.45, 2.75) is 45.6 Å². The molecule has 2 heterocycles. The van der Waals surface area contributed by atoms with E-state index in [1.807, 2.05) is 0 Å². The molecule has 0 aliphatic carbocycles. The van der Waals surface area contributed by atoms with Gasteiger partial charge in [0.25, 0.3) is 0 Å². The van der Waals surface area contributed by atoms with Gasteiger partial charge < -0.3 is 15.4 Å². The van der Waals surface area contributed by atoms with Crippen LogP contribution >= 0.6 is 0 Å². The second kappa shape index (κ2) is 6.19. The van der Waals surface area contributed by atoms with Gasteiger partial charge in [-0.3, -0.25) is 0 Å². The van der Waals surface area contributed by atoms with Gasteiger partial charge >= 0.3 is 0 Å². The van der Waals surface area contributed by atoms with Crippen LogP contribution < -0.4 is 10.6 Å². The lowest BCUT2D eigenvalue weighted by Crippen LogP contribution is -2.33. The van der Waals surface area contributed by atoms with Gasteiger partial charge in [0.2, 0.25) is 0 Å². The van der Waals surface area contributed by atoms with Gasteiger partial charge in [0.05, 0.1) is 6.10 Å². The van der Waals surface area contributed by atoms with Crippen molar-refractivity contribution in [2.24, 2.45) is 0 Å². The van der Waals surface area contributed by atoms with E-state index in [1.54, 1.807) is 6.33 Å². The molecule has 1 unspecified atom stereocenters. The highest BCUT2D eigenvalue weighted by Gasteiger charge is 2.23. The van der Waals surface area contributed by atoms with Crippen molar-refractivity contribution in [2.75, 3.05) is 30.3 Å². The van der Waals surface area contributed by atoms with Gasteiger partial charge in [-0.2, -0.15) is 0 Å². The van der Waals surface area contributed by atoms with E-state index >= 15 is 0 Å². The number of nitrogens with zero attached hydrogens (tertiary/aromatic N) is 3. The molecule has 1 saturated heterocycles. The third-order valence-electron chi connectivity index (χ3n) is 3.60. The predicted octanol–water partition coefficient (Wildman–Crippen LogP) is 2.19. The number of ether oxygens (including phenoxy) is 1. The van der Waals surface area contributed by atoms with E-state index in [9.17, 15) is 0 Å². The smallest absolute Gasteiger partial charge is 0.137 e. The fourth-order valence-corrected chi connectivity index (χ4v) is 2.60. The second-order valence-electron chi connectivity index (χ2n) is 5.32. The zero-order valence-electron chi connectivity index (χ0n) is 12.1. The first-order valence-electron chi connectivity index (χ1n) is 7.10. The summed E-state index contributed by atoms with van der Waals surface area (Å²) in [5.41, 5.74) is 7.06. The quantitative estimate of drug-likeness (QED) is 0.883. The monoisotopic (exact) mass is 264 g/mol.